The normalized spacial score (nSPS) is 10.1. The lowest BCUT2D eigenvalue weighted by molar-refractivity contribution is -0.385. The van der Waals surface area contributed by atoms with Gasteiger partial charge < -0.3 is 10.4 Å². The topological polar surface area (TPSA) is 92.5 Å². The van der Waals surface area contributed by atoms with E-state index in [1.54, 1.807) is 0 Å². The van der Waals surface area contributed by atoms with Gasteiger partial charge in [0.2, 0.25) is 0 Å². The summed E-state index contributed by atoms with van der Waals surface area (Å²) < 4.78 is 0. The predicted molar refractivity (Wildman–Crippen MR) is 79.2 cm³/mol. The molecule has 0 aliphatic carbocycles. The maximum absolute atomic E-state index is 11.1. The third-order valence-electron chi connectivity index (χ3n) is 3.07. The molecule has 0 atom stereocenters. The van der Waals surface area contributed by atoms with Crippen LogP contribution in [0.15, 0.2) is 42.5 Å². The van der Waals surface area contributed by atoms with E-state index in [0.717, 1.165) is 12.1 Å². The lowest BCUT2D eigenvalue weighted by Crippen LogP contribution is -2.03. The van der Waals surface area contributed by atoms with Crippen molar-refractivity contribution in [2.45, 2.75) is 13.3 Å². The van der Waals surface area contributed by atoms with Crippen molar-refractivity contribution in [1.29, 1.82) is 0 Å². The highest BCUT2D eigenvalue weighted by molar-refractivity contribution is 5.93. The lowest BCUT2D eigenvalue weighted by atomic mass is 10.1. The molecule has 0 aliphatic heterocycles. The highest BCUT2D eigenvalue weighted by Crippen LogP contribution is 2.25. The largest absolute Gasteiger partial charge is 0.477 e. The number of hydrogen-bond donors (Lipinski definition) is 2. The highest BCUT2D eigenvalue weighted by Gasteiger charge is 2.19. The summed E-state index contributed by atoms with van der Waals surface area (Å²) in [6.07, 6.45) is 0.932. The Morgan fingerprint density at radius 2 is 1.81 bits per heavy atom. The number of hydrogen-bond acceptors (Lipinski definition) is 4. The number of anilines is 2. The van der Waals surface area contributed by atoms with E-state index in [9.17, 15) is 14.9 Å². The Bertz CT molecular complexity index is 681. The van der Waals surface area contributed by atoms with E-state index in [1.807, 2.05) is 24.3 Å². The predicted octanol–water partition coefficient (Wildman–Crippen LogP) is 3.60. The molecule has 0 aromatic heterocycles. The van der Waals surface area contributed by atoms with Crippen LogP contribution in [0.2, 0.25) is 0 Å². The van der Waals surface area contributed by atoms with Crippen LogP contribution in [-0.2, 0) is 6.42 Å². The Hall–Kier alpha value is -2.89. The number of aryl methyl sites for hydroxylation is 1. The molecule has 0 heterocycles. The van der Waals surface area contributed by atoms with Gasteiger partial charge in [0.05, 0.1) is 4.92 Å². The maximum Gasteiger partial charge on any atom is 0.342 e. The number of nitro groups is 1. The van der Waals surface area contributed by atoms with Gasteiger partial charge in [-0.2, -0.15) is 0 Å². The van der Waals surface area contributed by atoms with Crippen molar-refractivity contribution in [2.75, 3.05) is 5.32 Å². The molecule has 21 heavy (non-hydrogen) atoms. The molecule has 2 aromatic rings. The second-order valence-electron chi connectivity index (χ2n) is 4.47. The molecule has 0 radical (unpaired) electrons. The van der Waals surface area contributed by atoms with Gasteiger partial charge in [-0.05, 0) is 36.2 Å². The van der Waals surface area contributed by atoms with Gasteiger partial charge in [-0.3, -0.25) is 10.1 Å². The van der Waals surface area contributed by atoms with Crippen molar-refractivity contribution in [3.8, 4) is 0 Å². The molecule has 0 aliphatic rings. The van der Waals surface area contributed by atoms with E-state index in [0.29, 0.717) is 5.69 Å². The van der Waals surface area contributed by atoms with Crippen LogP contribution in [0.25, 0.3) is 0 Å². The quantitative estimate of drug-likeness (QED) is 0.647. The minimum absolute atomic E-state index is 0.338. The molecule has 2 N–H and O–H groups in total. The molecule has 2 rings (SSSR count). The summed E-state index contributed by atoms with van der Waals surface area (Å²) in [5.41, 5.74) is 1.71. The smallest absolute Gasteiger partial charge is 0.342 e. The second-order valence-corrected chi connectivity index (χ2v) is 4.47. The van der Waals surface area contributed by atoms with Crippen LogP contribution in [-0.4, -0.2) is 16.0 Å². The van der Waals surface area contributed by atoms with E-state index >= 15 is 0 Å². The SMILES string of the molecule is CCc1ccc(Nc2ccc([N+](=O)[O-])c(C(=O)O)c2)cc1. The first kappa shape index (κ1) is 14.5. The third kappa shape index (κ3) is 3.36. The molecule has 2 aromatic carbocycles. The summed E-state index contributed by atoms with van der Waals surface area (Å²) in [5, 5.41) is 22.9. The van der Waals surface area contributed by atoms with E-state index < -0.39 is 16.6 Å². The average Bonchev–Trinajstić information content (AvgIpc) is 2.47. The highest BCUT2D eigenvalue weighted by atomic mass is 16.6. The lowest BCUT2D eigenvalue weighted by Gasteiger charge is -2.08. The van der Waals surface area contributed by atoms with E-state index in [4.69, 9.17) is 5.11 Å². The fourth-order valence-electron chi connectivity index (χ4n) is 1.93. The monoisotopic (exact) mass is 286 g/mol. The van der Waals surface area contributed by atoms with Gasteiger partial charge in [-0.1, -0.05) is 19.1 Å². The number of carbonyl (C=O) groups is 1. The molecule has 0 bridgehead atoms. The van der Waals surface area contributed by atoms with Gasteiger partial charge in [0.25, 0.3) is 5.69 Å². The molecule has 6 nitrogen and oxygen atoms in total. The molecular formula is C15H14N2O4. The first-order valence-electron chi connectivity index (χ1n) is 6.39. The Morgan fingerprint density at radius 1 is 1.19 bits per heavy atom. The summed E-state index contributed by atoms with van der Waals surface area (Å²) in [6, 6.07) is 11.6. The van der Waals surface area contributed by atoms with Crippen molar-refractivity contribution in [3.05, 3.63) is 63.7 Å². The van der Waals surface area contributed by atoms with Gasteiger partial charge in [0.1, 0.15) is 5.56 Å². The molecule has 0 unspecified atom stereocenters. The van der Waals surface area contributed by atoms with Crippen LogP contribution in [0.3, 0.4) is 0 Å². The van der Waals surface area contributed by atoms with Crippen LogP contribution >= 0.6 is 0 Å². The van der Waals surface area contributed by atoms with Gasteiger partial charge in [0, 0.05) is 17.4 Å². The van der Waals surface area contributed by atoms with Gasteiger partial charge >= 0.3 is 5.97 Å². The van der Waals surface area contributed by atoms with Crippen LogP contribution in [0.4, 0.5) is 17.1 Å². The third-order valence-corrected chi connectivity index (χ3v) is 3.07. The van der Waals surface area contributed by atoms with Gasteiger partial charge in [-0.15, -0.1) is 0 Å². The van der Waals surface area contributed by atoms with Crippen molar-refractivity contribution in [3.63, 3.8) is 0 Å². The minimum Gasteiger partial charge on any atom is -0.477 e. The van der Waals surface area contributed by atoms with Crippen molar-refractivity contribution < 1.29 is 14.8 Å². The minimum atomic E-state index is -1.33. The number of rotatable bonds is 5. The molecule has 0 fully saturated rings. The number of carboxylic acids is 1. The molecular weight excluding hydrogens is 272 g/mol. The zero-order chi connectivity index (χ0) is 15.4. The van der Waals surface area contributed by atoms with E-state index in [2.05, 4.69) is 12.2 Å². The summed E-state index contributed by atoms with van der Waals surface area (Å²) in [6.45, 7) is 2.05. The van der Waals surface area contributed by atoms with Crippen molar-refractivity contribution in [1.82, 2.24) is 0 Å². The van der Waals surface area contributed by atoms with Crippen LogP contribution in [0.1, 0.15) is 22.8 Å². The standard InChI is InChI=1S/C15H14N2O4/c1-2-10-3-5-11(6-4-10)16-12-7-8-14(17(20)21)13(9-12)15(18)19/h3-9,16H,2H2,1H3,(H,18,19). The Labute approximate surface area is 121 Å². The average molecular weight is 286 g/mol. The fraction of sp³-hybridized carbons (Fsp3) is 0.133. The molecule has 6 heteroatoms. The van der Waals surface area contributed by atoms with Gasteiger partial charge in [0.15, 0.2) is 0 Å². The number of nitrogens with one attached hydrogen (secondary N) is 1. The summed E-state index contributed by atoms with van der Waals surface area (Å²) >= 11 is 0. The van der Waals surface area contributed by atoms with E-state index in [1.165, 1.54) is 23.8 Å². The summed E-state index contributed by atoms with van der Waals surface area (Å²) in [7, 11) is 0. The van der Waals surface area contributed by atoms with Gasteiger partial charge in [-0.25, -0.2) is 4.79 Å². The number of carboxylic acid groups (broad SMARTS) is 1. The number of benzene rings is 2. The number of aromatic carboxylic acids is 1. The molecule has 0 amide bonds. The van der Waals surface area contributed by atoms with E-state index in [-0.39, 0.29) is 5.56 Å². The second kappa shape index (κ2) is 6.04. The first-order valence-corrected chi connectivity index (χ1v) is 6.39. The zero-order valence-corrected chi connectivity index (χ0v) is 11.4. The fourth-order valence-corrected chi connectivity index (χ4v) is 1.93. The van der Waals surface area contributed by atoms with Crippen LogP contribution in [0.5, 0.6) is 0 Å². The maximum atomic E-state index is 11.1. The molecule has 0 saturated carbocycles. The van der Waals surface area contributed by atoms with Crippen LogP contribution in [0, 0.1) is 10.1 Å². The van der Waals surface area contributed by atoms with Crippen molar-refractivity contribution >= 4 is 23.0 Å². The summed E-state index contributed by atoms with van der Waals surface area (Å²) in [4.78, 5) is 21.2. The molecule has 108 valence electrons. The van der Waals surface area contributed by atoms with Crippen LogP contribution < -0.4 is 5.32 Å². The molecule has 0 saturated heterocycles. The summed E-state index contributed by atoms with van der Waals surface area (Å²) in [5.74, 6) is -1.33. The number of nitro benzene ring substituents is 1. The Balaban J connectivity index is 2.29. The Kier molecular flexibility index (Phi) is 4.18. The Morgan fingerprint density at radius 3 is 2.33 bits per heavy atom. The zero-order valence-electron chi connectivity index (χ0n) is 11.4. The number of nitrogens with zero attached hydrogens (tertiary/aromatic N) is 1. The first-order chi connectivity index (χ1) is 10.0. The molecule has 0 spiro atoms. The van der Waals surface area contributed by atoms with Crippen molar-refractivity contribution in [2.24, 2.45) is 0 Å².